The Labute approximate surface area is 109 Å². The van der Waals surface area contributed by atoms with Crippen LogP contribution in [0.5, 0.6) is 0 Å². The first-order chi connectivity index (χ1) is 8.65. The Kier molecular flexibility index (Phi) is 6.54. The van der Waals surface area contributed by atoms with Crippen LogP contribution in [-0.2, 0) is 9.53 Å². The number of hydrogen-bond acceptors (Lipinski definition) is 3. The minimum absolute atomic E-state index is 0.0470. The lowest BCUT2D eigenvalue weighted by Crippen LogP contribution is -2.43. The number of piperidine rings is 1. The summed E-state index contributed by atoms with van der Waals surface area (Å²) >= 11 is 0. The van der Waals surface area contributed by atoms with Gasteiger partial charge in [0.05, 0.1) is 12.5 Å². The molecule has 104 valence electrons. The molecule has 5 heteroatoms. The van der Waals surface area contributed by atoms with Crippen LogP contribution in [0.25, 0.3) is 0 Å². The minimum atomic E-state index is -0.190. The molecule has 0 aromatic heterocycles. The van der Waals surface area contributed by atoms with Crippen molar-refractivity contribution in [3.8, 4) is 0 Å². The third kappa shape index (κ3) is 4.94. The Morgan fingerprint density at radius 3 is 2.56 bits per heavy atom. The quantitative estimate of drug-likeness (QED) is 0.602. The Balaban J connectivity index is 2.10. The highest BCUT2D eigenvalue weighted by Gasteiger charge is 2.16. The molecular formula is C13H24N2O3. The van der Waals surface area contributed by atoms with Gasteiger partial charge in [-0.25, -0.2) is 4.79 Å². The van der Waals surface area contributed by atoms with Crippen LogP contribution in [0.2, 0.25) is 0 Å². The molecule has 1 atom stereocenters. The maximum absolute atomic E-state index is 11.7. The summed E-state index contributed by atoms with van der Waals surface area (Å²) in [5.41, 5.74) is 0. The monoisotopic (exact) mass is 256 g/mol. The average Bonchev–Trinajstić information content (AvgIpc) is 2.43. The van der Waals surface area contributed by atoms with E-state index in [1.807, 2.05) is 18.7 Å². The maximum atomic E-state index is 11.7. The van der Waals surface area contributed by atoms with Gasteiger partial charge < -0.3 is 15.0 Å². The van der Waals surface area contributed by atoms with Crippen LogP contribution in [0.1, 0.15) is 39.5 Å². The zero-order valence-electron chi connectivity index (χ0n) is 11.4. The second-order valence-electron chi connectivity index (χ2n) is 4.76. The number of likely N-dealkylation sites (tertiary alicyclic amines) is 1. The number of hydrogen-bond donors (Lipinski definition) is 1. The molecule has 1 saturated heterocycles. The van der Waals surface area contributed by atoms with Crippen LogP contribution >= 0.6 is 0 Å². The van der Waals surface area contributed by atoms with E-state index in [9.17, 15) is 9.59 Å². The summed E-state index contributed by atoms with van der Waals surface area (Å²) in [5, 5.41) is 2.77. The molecule has 0 bridgehead atoms. The Morgan fingerprint density at radius 2 is 1.94 bits per heavy atom. The number of rotatable bonds is 5. The fourth-order valence-corrected chi connectivity index (χ4v) is 1.83. The van der Waals surface area contributed by atoms with Crippen molar-refractivity contribution in [3.05, 3.63) is 0 Å². The number of nitrogens with one attached hydrogen (secondary N) is 1. The highest BCUT2D eigenvalue weighted by Crippen LogP contribution is 2.08. The maximum Gasteiger partial charge on any atom is 0.317 e. The van der Waals surface area contributed by atoms with Crippen LogP contribution in [0.3, 0.4) is 0 Å². The number of nitrogens with zero attached hydrogens (tertiary/aromatic N) is 1. The smallest absolute Gasteiger partial charge is 0.317 e. The molecule has 1 heterocycles. The first-order valence-corrected chi connectivity index (χ1v) is 6.84. The second kappa shape index (κ2) is 7.95. The van der Waals surface area contributed by atoms with Gasteiger partial charge in [0, 0.05) is 13.1 Å². The first-order valence-electron chi connectivity index (χ1n) is 6.84. The predicted molar refractivity (Wildman–Crippen MR) is 69.2 cm³/mol. The molecule has 1 aliphatic heterocycles. The number of ether oxygens (including phenoxy) is 1. The van der Waals surface area contributed by atoms with Gasteiger partial charge >= 0.3 is 12.0 Å². The van der Waals surface area contributed by atoms with Crippen molar-refractivity contribution in [1.29, 1.82) is 0 Å². The van der Waals surface area contributed by atoms with Crippen molar-refractivity contribution in [3.63, 3.8) is 0 Å². The van der Waals surface area contributed by atoms with Gasteiger partial charge in [-0.05, 0) is 25.7 Å². The van der Waals surface area contributed by atoms with E-state index in [-0.39, 0.29) is 24.5 Å². The Morgan fingerprint density at radius 1 is 1.28 bits per heavy atom. The number of carbonyl (C=O) groups excluding carboxylic acids is 2. The van der Waals surface area contributed by atoms with Crippen molar-refractivity contribution in [2.24, 2.45) is 5.92 Å². The van der Waals surface area contributed by atoms with Crippen molar-refractivity contribution >= 4 is 12.0 Å². The molecule has 1 aliphatic rings. The normalized spacial score (nSPS) is 17.1. The summed E-state index contributed by atoms with van der Waals surface area (Å²) in [7, 11) is 0. The molecule has 1 rings (SSSR count). The highest BCUT2D eigenvalue weighted by molar-refractivity contribution is 5.74. The van der Waals surface area contributed by atoms with E-state index >= 15 is 0 Å². The molecule has 5 nitrogen and oxygen atoms in total. The number of urea groups is 1. The van der Waals surface area contributed by atoms with E-state index in [2.05, 4.69) is 5.32 Å². The molecule has 0 spiro atoms. The lowest BCUT2D eigenvalue weighted by Gasteiger charge is -2.26. The van der Waals surface area contributed by atoms with Gasteiger partial charge in [0.1, 0.15) is 6.61 Å². The predicted octanol–water partition coefficient (Wildman–Crippen LogP) is 1.77. The second-order valence-corrected chi connectivity index (χ2v) is 4.76. The van der Waals surface area contributed by atoms with Crippen LogP contribution in [0.4, 0.5) is 4.79 Å². The van der Waals surface area contributed by atoms with E-state index in [1.165, 1.54) is 6.42 Å². The standard InChI is InChI=1S/C13H24N2O3/c1-3-11(2)12(16)18-10-7-14-13(17)15-8-5-4-6-9-15/h11H,3-10H2,1-2H3,(H,14,17). The molecule has 0 saturated carbocycles. The molecule has 1 unspecified atom stereocenters. The zero-order chi connectivity index (χ0) is 13.4. The molecule has 0 aliphatic carbocycles. The minimum Gasteiger partial charge on any atom is -0.464 e. The molecule has 1 fully saturated rings. The van der Waals surface area contributed by atoms with Gasteiger partial charge in [0.25, 0.3) is 0 Å². The van der Waals surface area contributed by atoms with Gasteiger partial charge in [-0.3, -0.25) is 4.79 Å². The summed E-state index contributed by atoms with van der Waals surface area (Å²) in [4.78, 5) is 24.9. The lowest BCUT2D eigenvalue weighted by atomic mass is 10.1. The van der Waals surface area contributed by atoms with E-state index in [1.54, 1.807) is 0 Å². The summed E-state index contributed by atoms with van der Waals surface area (Å²) in [6.07, 6.45) is 4.14. The van der Waals surface area contributed by atoms with Gasteiger partial charge in [0.15, 0.2) is 0 Å². The molecule has 0 aromatic rings. The summed E-state index contributed by atoms with van der Waals surface area (Å²) in [6.45, 7) is 6.09. The lowest BCUT2D eigenvalue weighted by molar-refractivity contribution is -0.147. The molecule has 2 amide bonds. The SMILES string of the molecule is CCC(C)C(=O)OCCNC(=O)N1CCCCC1. The number of amides is 2. The number of esters is 1. The Bertz CT molecular complexity index is 275. The van der Waals surface area contributed by atoms with E-state index < -0.39 is 0 Å². The third-order valence-electron chi connectivity index (χ3n) is 3.28. The first kappa shape index (κ1) is 14.8. The van der Waals surface area contributed by atoms with Crippen molar-refractivity contribution in [2.75, 3.05) is 26.2 Å². The summed E-state index contributed by atoms with van der Waals surface area (Å²) < 4.78 is 5.06. The van der Waals surface area contributed by atoms with E-state index in [4.69, 9.17) is 4.74 Å². The molecule has 0 aromatic carbocycles. The molecule has 18 heavy (non-hydrogen) atoms. The van der Waals surface area contributed by atoms with Crippen molar-refractivity contribution < 1.29 is 14.3 Å². The van der Waals surface area contributed by atoms with Crippen LogP contribution in [0, 0.1) is 5.92 Å². The van der Waals surface area contributed by atoms with Crippen molar-refractivity contribution in [1.82, 2.24) is 10.2 Å². The fraction of sp³-hybridized carbons (Fsp3) is 0.846. The highest BCUT2D eigenvalue weighted by atomic mass is 16.5. The van der Waals surface area contributed by atoms with E-state index in [0.29, 0.717) is 6.54 Å². The Hall–Kier alpha value is -1.26. The average molecular weight is 256 g/mol. The van der Waals surface area contributed by atoms with Gasteiger partial charge in [-0.2, -0.15) is 0 Å². The largest absolute Gasteiger partial charge is 0.464 e. The summed E-state index contributed by atoms with van der Waals surface area (Å²) in [6, 6.07) is -0.0470. The van der Waals surface area contributed by atoms with Crippen LogP contribution in [-0.4, -0.2) is 43.1 Å². The number of carbonyl (C=O) groups is 2. The van der Waals surface area contributed by atoms with E-state index in [0.717, 1.165) is 32.4 Å². The van der Waals surface area contributed by atoms with Crippen LogP contribution < -0.4 is 5.32 Å². The zero-order valence-corrected chi connectivity index (χ0v) is 11.4. The van der Waals surface area contributed by atoms with Crippen LogP contribution in [0.15, 0.2) is 0 Å². The van der Waals surface area contributed by atoms with Gasteiger partial charge in [-0.1, -0.05) is 13.8 Å². The topological polar surface area (TPSA) is 58.6 Å². The van der Waals surface area contributed by atoms with Gasteiger partial charge in [-0.15, -0.1) is 0 Å². The third-order valence-corrected chi connectivity index (χ3v) is 3.28. The molecule has 0 radical (unpaired) electrons. The van der Waals surface area contributed by atoms with Gasteiger partial charge in [0.2, 0.25) is 0 Å². The summed E-state index contributed by atoms with van der Waals surface area (Å²) in [5.74, 6) is -0.257. The molecule has 1 N–H and O–H groups in total. The molecular weight excluding hydrogens is 232 g/mol. The fourth-order valence-electron chi connectivity index (χ4n) is 1.83. The van der Waals surface area contributed by atoms with Crippen molar-refractivity contribution in [2.45, 2.75) is 39.5 Å².